The molecule has 3 N–H and O–H groups in total. The summed E-state index contributed by atoms with van der Waals surface area (Å²) in [5.74, 6) is -4.97. The fourth-order valence-corrected chi connectivity index (χ4v) is 2.28. The maximum Gasteiger partial charge on any atom is 0.237 e. The standard InChI is InChI=1S/C12H11F3N2OS/c13-6-2-3-7(9(15)8(6)14)17-11(18)12(10(16)19)4-1-5-12/h2-3H,1,4-5H2,(H2,16,19)(H,17,18). The quantitative estimate of drug-likeness (QED) is 0.663. The smallest absolute Gasteiger partial charge is 0.237 e. The van der Waals surface area contributed by atoms with Crippen LogP contribution in [0.2, 0.25) is 0 Å². The average Bonchev–Trinajstić information content (AvgIpc) is 2.28. The number of thiocarbonyl (C=S) groups is 1. The van der Waals surface area contributed by atoms with Gasteiger partial charge < -0.3 is 11.1 Å². The zero-order valence-electron chi connectivity index (χ0n) is 9.80. The number of nitrogens with two attached hydrogens (primary N) is 1. The molecular weight excluding hydrogens is 277 g/mol. The number of rotatable bonds is 3. The van der Waals surface area contributed by atoms with Gasteiger partial charge in [-0.05, 0) is 25.0 Å². The Morgan fingerprint density at radius 2 is 1.89 bits per heavy atom. The molecule has 0 unspecified atom stereocenters. The molecule has 2 rings (SSSR count). The van der Waals surface area contributed by atoms with E-state index in [-0.39, 0.29) is 4.99 Å². The van der Waals surface area contributed by atoms with Gasteiger partial charge in [-0.2, -0.15) is 0 Å². The molecule has 1 aliphatic rings. The first-order valence-corrected chi connectivity index (χ1v) is 6.04. The molecule has 0 radical (unpaired) electrons. The number of hydrogen-bond acceptors (Lipinski definition) is 2. The van der Waals surface area contributed by atoms with Crippen molar-refractivity contribution >= 4 is 28.8 Å². The monoisotopic (exact) mass is 288 g/mol. The second-order valence-electron chi connectivity index (χ2n) is 4.48. The van der Waals surface area contributed by atoms with Gasteiger partial charge in [0.15, 0.2) is 17.5 Å². The number of anilines is 1. The number of nitrogens with one attached hydrogen (secondary N) is 1. The highest BCUT2D eigenvalue weighted by molar-refractivity contribution is 7.80. The van der Waals surface area contributed by atoms with Gasteiger partial charge in [-0.15, -0.1) is 0 Å². The Morgan fingerprint density at radius 3 is 2.37 bits per heavy atom. The van der Waals surface area contributed by atoms with E-state index in [0.717, 1.165) is 18.6 Å². The van der Waals surface area contributed by atoms with Crippen molar-refractivity contribution in [3.8, 4) is 0 Å². The Morgan fingerprint density at radius 1 is 1.26 bits per heavy atom. The lowest BCUT2D eigenvalue weighted by atomic mass is 9.68. The van der Waals surface area contributed by atoms with Crippen LogP contribution in [0.3, 0.4) is 0 Å². The first-order chi connectivity index (χ1) is 8.88. The van der Waals surface area contributed by atoms with E-state index in [4.69, 9.17) is 18.0 Å². The highest BCUT2D eigenvalue weighted by Gasteiger charge is 2.47. The van der Waals surface area contributed by atoms with Crippen LogP contribution in [0.15, 0.2) is 12.1 Å². The Kier molecular flexibility index (Phi) is 3.49. The van der Waals surface area contributed by atoms with E-state index in [2.05, 4.69) is 5.32 Å². The Bertz CT molecular complexity index is 558. The van der Waals surface area contributed by atoms with Crippen molar-refractivity contribution in [3.63, 3.8) is 0 Å². The Labute approximate surface area is 113 Å². The second kappa shape index (κ2) is 4.80. The van der Waals surface area contributed by atoms with Crippen molar-refractivity contribution in [1.82, 2.24) is 0 Å². The summed E-state index contributed by atoms with van der Waals surface area (Å²) >= 11 is 4.84. The summed E-state index contributed by atoms with van der Waals surface area (Å²) < 4.78 is 39.2. The van der Waals surface area contributed by atoms with Crippen molar-refractivity contribution in [2.75, 3.05) is 5.32 Å². The summed E-state index contributed by atoms with van der Waals surface area (Å²) in [6.45, 7) is 0. The fourth-order valence-electron chi connectivity index (χ4n) is 1.98. The van der Waals surface area contributed by atoms with Crippen LogP contribution in [0.1, 0.15) is 19.3 Å². The summed E-state index contributed by atoms with van der Waals surface area (Å²) in [6.07, 6.45) is 1.73. The van der Waals surface area contributed by atoms with Crippen molar-refractivity contribution in [2.45, 2.75) is 19.3 Å². The minimum atomic E-state index is -1.63. The van der Waals surface area contributed by atoms with Gasteiger partial charge in [0.1, 0.15) is 0 Å². The third kappa shape index (κ3) is 2.18. The minimum absolute atomic E-state index is 0.0271. The highest BCUT2D eigenvalue weighted by Crippen LogP contribution is 2.42. The summed E-state index contributed by atoms with van der Waals surface area (Å²) in [5.41, 5.74) is 4.09. The number of carbonyl (C=O) groups excluding carboxylic acids is 1. The van der Waals surface area contributed by atoms with E-state index >= 15 is 0 Å². The van der Waals surface area contributed by atoms with Crippen LogP contribution in [0.5, 0.6) is 0 Å². The lowest BCUT2D eigenvalue weighted by Crippen LogP contribution is -2.50. The van der Waals surface area contributed by atoms with Crippen molar-refractivity contribution < 1.29 is 18.0 Å². The molecule has 0 spiro atoms. The molecule has 7 heteroatoms. The van der Waals surface area contributed by atoms with Crippen LogP contribution in [-0.2, 0) is 4.79 Å². The predicted molar refractivity (Wildman–Crippen MR) is 68.0 cm³/mol. The van der Waals surface area contributed by atoms with Crippen molar-refractivity contribution in [3.05, 3.63) is 29.6 Å². The normalized spacial score (nSPS) is 16.6. The van der Waals surface area contributed by atoms with E-state index in [1.54, 1.807) is 0 Å². The molecule has 1 aliphatic carbocycles. The molecule has 0 bridgehead atoms. The van der Waals surface area contributed by atoms with Gasteiger partial charge in [0.25, 0.3) is 0 Å². The number of hydrogen-bond donors (Lipinski definition) is 2. The second-order valence-corrected chi connectivity index (χ2v) is 4.92. The lowest BCUT2D eigenvalue weighted by molar-refractivity contribution is -0.125. The SMILES string of the molecule is NC(=S)C1(C(=O)Nc2ccc(F)c(F)c2F)CCC1. The molecule has 0 heterocycles. The predicted octanol–water partition coefficient (Wildman–Crippen LogP) is 2.50. The Balaban J connectivity index is 2.25. The van der Waals surface area contributed by atoms with Crippen molar-refractivity contribution in [1.29, 1.82) is 0 Å². The number of halogens is 3. The molecule has 19 heavy (non-hydrogen) atoms. The van der Waals surface area contributed by atoms with E-state index in [9.17, 15) is 18.0 Å². The van der Waals surface area contributed by atoms with Gasteiger partial charge in [0.2, 0.25) is 5.91 Å². The molecule has 1 aromatic rings. The van der Waals surface area contributed by atoms with Gasteiger partial charge in [0.05, 0.1) is 16.1 Å². The lowest BCUT2D eigenvalue weighted by Gasteiger charge is -2.39. The summed E-state index contributed by atoms with van der Waals surface area (Å²) in [7, 11) is 0. The third-order valence-corrected chi connectivity index (χ3v) is 3.79. The van der Waals surface area contributed by atoms with Gasteiger partial charge in [0, 0.05) is 0 Å². The van der Waals surface area contributed by atoms with Crippen LogP contribution in [0, 0.1) is 22.9 Å². The highest BCUT2D eigenvalue weighted by atomic mass is 32.1. The summed E-state index contributed by atoms with van der Waals surface area (Å²) in [5, 5.41) is 2.21. The number of benzene rings is 1. The topological polar surface area (TPSA) is 55.1 Å². The van der Waals surface area contributed by atoms with Gasteiger partial charge in [-0.1, -0.05) is 18.6 Å². The fraction of sp³-hybridized carbons (Fsp3) is 0.333. The minimum Gasteiger partial charge on any atom is -0.392 e. The first kappa shape index (κ1) is 13.8. The van der Waals surface area contributed by atoms with E-state index < -0.39 is 34.5 Å². The van der Waals surface area contributed by atoms with Crippen LogP contribution in [0.4, 0.5) is 18.9 Å². The number of amides is 1. The zero-order chi connectivity index (χ0) is 14.2. The molecule has 0 aliphatic heterocycles. The van der Waals surface area contributed by atoms with Crippen LogP contribution in [-0.4, -0.2) is 10.9 Å². The molecule has 0 aromatic heterocycles. The van der Waals surface area contributed by atoms with Crippen molar-refractivity contribution in [2.24, 2.45) is 11.1 Å². The van der Waals surface area contributed by atoms with Gasteiger partial charge in [-0.25, -0.2) is 13.2 Å². The van der Waals surface area contributed by atoms with Crippen LogP contribution >= 0.6 is 12.2 Å². The average molecular weight is 288 g/mol. The molecule has 1 amide bonds. The molecule has 1 saturated carbocycles. The van der Waals surface area contributed by atoms with Crippen LogP contribution in [0.25, 0.3) is 0 Å². The Hall–Kier alpha value is -1.63. The molecule has 0 atom stereocenters. The van der Waals surface area contributed by atoms with E-state index in [0.29, 0.717) is 12.8 Å². The molecule has 0 saturated heterocycles. The van der Waals surface area contributed by atoms with E-state index in [1.165, 1.54) is 0 Å². The summed E-state index contributed by atoms with van der Waals surface area (Å²) in [6, 6.07) is 1.69. The maximum absolute atomic E-state index is 13.4. The number of carbonyl (C=O) groups is 1. The van der Waals surface area contributed by atoms with Gasteiger partial charge >= 0.3 is 0 Å². The van der Waals surface area contributed by atoms with E-state index in [1.807, 2.05) is 0 Å². The van der Waals surface area contributed by atoms with Crippen LogP contribution < -0.4 is 11.1 Å². The largest absolute Gasteiger partial charge is 0.392 e. The zero-order valence-corrected chi connectivity index (χ0v) is 10.6. The first-order valence-electron chi connectivity index (χ1n) is 5.63. The maximum atomic E-state index is 13.4. The molecule has 1 fully saturated rings. The molecule has 3 nitrogen and oxygen atoms in total. The third-order valence-electron chi connectivity index (χ3n) is 3.40. The molecular formula is C12H11F3N2OS. The molecule has 1 aromatic carbocycles. The molecule has 102 valence electrons. The van der Waals surface area contributed by atoms with Gasteiger partial charge in [-0.3, -0.25) is 4.79 Å². The summed E-state index contributed by atoms with van der Waals surface area (Å²) in [4.78, 5) is 12.1.